The maximum Gasteiger partial charge on any atom is 0.267 e. The van der Waals surface area contributed by atoms with Crippen LogP contribution in [0.1, 0.15) is 23.2 Å². The molecule has 5 heteroatoms. The van der Waals surface area contributed by atoms with Crippen LogP contribution in [0.15, 0.2) is 24.3 Å². The Kier molecular flexibility index (Phi) is 3.18. The molecule has 0 aliphatic carbocycles. The van der Waals surface area contributed by atoms with Gasteiger partial charge in [0.1, 0.15) is 12.0 Å². The molecule has 1 fully saturated rings. The monoisotopic (exact) mass is 233 g/mol. The van der Waals surface area contributed by atoms with E-state index < -0.39 is 12.0 Å². The van der Waals surface area contributed by atoms with Gasteiger partial charge in [-0.3, -0.25) is 19.7 Å². The summed E-state index contributed by atoms with van der Waals surface area (Å²) >= 11 is 0. The van der Waals surface area contributed by atoms with Crippen LogP contribution in [0.3, 0.4) is 0 Å². The van der Waals surface area contributed by atoms with E-state index in [2.05, 4.69) is 5.32 Å². The second kappa shape index (κ2) is 4.78. The minimum absolute atomic E-state index is 0.272. The summed E-state index contributed by atoms with van der Waals surface area (Å²) in [6.07, 6.45) is 0.744. The summed E-state index contributed by atoms with van der Waals surface area (Å²) in [5.41, 5.74) is 0.542. The van der Waals surface area contributed by atoms with Gasteiger partial charge in [-0.25, -0.2) is 0 Å². The molecule has 5 nitrogen and oxygen atoms in total. The van der Waals surface area contributed by atoms with Crippen LogP contribution in [-0.4, -0.2) is 24.2 Å². The number of ether oxygens (including phenoxy) is 1. The molecule has 1 heterocycles. The second-order valence-corrected chi connectivity index (χ2v) is 3.74. The summed E-state index contributed by atoms with van der Waals surface area (Å²) < 4.78 is 5.44. The van der Waals surface area contributed by atoms with Crippen LogP contribution in [-0.2, 0) is 9.59 Å². The van der Waals surface area contributed by atoms with Gasteiger partial charge in [0.25, 0.3) is 5.91 Å². The minimum atomic E-state index is -0.644. The topological polar surface area (TPSA) is 72.5 Å². The van der Waals surface area contributed by atoms with Crippen molar-refractivity contribution in [2.24, 2.45) is 0 Å². The number of benzene rings is 1. The molecule has 17 heavy (non-hydrogen) atoms. The number of imide groups is 1. The van der Waals surface area contributed by atoms with Crippen LogP contribution >= 0.6 is 0 Å². The van der Waals surface area contributed by atoms with Crippen molar-refractivity contribution in [3.8, 4) is 5.75 Å². The largest absolute Gasteiger partial charge is 0.481 e. The lowest BCUT2D eigenvalue weighted by Crippen LogP contribution is -2.46. The van der Waals surface area contributed by atoms with Crippen LogP contribution < -0.4 is 10.1 Å². The molecule has 0 radical (unpaired) electrons. The van der Waals surface area contributed by atoms with Crippen molar-refractivity contribution in [1.29, 1.82) is 0 Å². The summed E-state index contributed by atoms with van der Waals surface area (Å²) in [7, 11) is 0. The highest BCUT2D eigenvalue weighted by Gasteiger charge is 2.27. The maximum atomic E-state index is 11.4. The Morgan fingerprint density at radius 3 is 2.53 bits per heavy atom. The van der Waals surface area contributed by atoms with Gasteiger partial charge in [0.05, 0.1) is 0 Å². The summed E-state index contributed by atoms with van der Waals surface area (Å²) in [6, 6.07) is 6.45. The Morgan fingerprint density at radius 1 is 1.24 bits per heavy atom. The molecule has 2 amide bonds. The summed E-state index contributed by atoms with van der Waals surface area (Å²) in [5, 5.41) is 2.21. The highest BCUT2D eigenvalue weighted by molar-refractivity contribution is 5.99. The lowest BCUT2D eigenvalue weighted by molar-refractivity contribution is -0.138. The quantitative estimate of drug-likeness (QED) is 0.615. The van der Waals surface area contributed by atoms with Crippen molar-refractivity contribution in [1.82, 2.24) is 5.32 Å². The lowest BCUT2D eigenvalue weighted by atomic mass is 10.1. The van der Waals surface area contributed by atoms with Crippen molar-refractivity contribution in [2.75, 3.05) is 0 Å². The average molecular weight is 233 g/mol. The molecule has 0 bridgehead atoms. The highest BCUT2D eigenvalue weighted by Crippen LogP contribution is 2.16. The molecule has 1 saturated heterocycles. The van der Waals surface area contributed by atoms with Crippen LogP contribution in [0.2, 0.25) is 0 Å². The Hall–Kier alpha value is -2.17. The first-order valence-corrected chi connectivity index (χ1v) is 5.24. The lowest BCUT2D eigenvalue weighted by Gasteiger charge is -2.21. The summed E-state index contributed by atoms with van der Waals surface area (Å²) in [4.78, 5) is 32.8. The second-order valence-electron chi connectivity index (χ2n) is 3.74. The van der Waals surface area contributed by atoms with Crippen molar-refractivity contribution in [3.63, 3.8) is 0 Å². The molecule has 1 N–H and O–H groups in total. The zero-order valence-corrected chi connectivity index (χ0v) is 9.01. The Bertz CT molecular complexity index is 452. The average Bonchev–Trinajstić information content (AvgIpc) is 2.34. The number of piperidine rings is 1. The van der Waals surface area contributed by atoms with Gasteiger partial charge in [-0.1, -0.05) is 0 Å². The predicted octanol–water partition coefficient (Wildman–Crippen LogP) is 0.683. The van der Waals surface area contributed by atoms with Gasteiger partial charge in [-0.15, -0.1) is 0 Å². The van der Waals surface area contributed by atoms with Gasteiger partial charge in [0, 0.05) is 18.4 Å². The summed E-state index contributed by atoms with van der Waals surface area (Å²) in [6.45, 7) is 0. The van der Waals surface area contributed by atoms with Gasteiger partial charge in [0.15, 0.2) is 6.10 Å². The van der Waals surface area contributed by atoms with Crippen LogP contribution in [0.25, 0.3) is 0 Å². The number of nitrogens with one attached hydrogen (secondary N) is 1. The number of amides is 2. The molecule has 2 rings (SSSR count). The zero-order chi connectivity index (χ0) is 12.3. The van der Waals surface area contributed by atoms with Gasteiger partial charge in [-0.05, 0) is 24.3 Å². The molecular weight excluding hydrogens is 222 g/mol. The van der Waals surface area contributed by atoms with Crippen molar-refractivity contribution in [3.05, 3.63) is 29.8 Å². The first-order valence-electron chi connectivity index (χ1n) is 5.24. The number of hydrogen-bond donors (Lipinski definition) is 1. The Labute approximate surface area is 97.8 Å². The molecular formula is C12H11NO4. The minimum Gasteiger partial charge on any atom is -0.481 e. The molecule has 1 aromatic rings. The Morgan fingerprint density at radius 2 is 1.94 bits per heavy atom. The van der Waals surface area contributed by atoms with E-state index in [-0.39, 0.29) is 12.3 Å². The molecule has 0 saturated carbocycles. The fraction of sp³-hybridized carbons (Fsp3) is 0.250. The van der Waals surface area contributed by atoms with Gasteiger partial charge in [-0.2, -0.15) is 0 Å². The number of aldehydes is 1. The van der Waals surface area contributed by atoms with E-state index in [0.717, 1.165) is 6.29 Å². The predicted molar refractivity (Wildman–Crippen MR) is 58.6 cm³/mol. The highest BCUT2D eigenvalue weighted by atomic mass is 16.5. The Balaban J connectivity index is 2.02. The van der Waals surface area contributed by atoms with E-state index in [4.69, 9.17) is 4.74 Å². The number of carbonyl (C=O) groups excluding carboxylic acids is 3. The SMILES string of the molecule is O=Cc1ccc(OC2CCC(=O)NC2=O)cc1. The third-order valence-corrected chi connectivity index (χ3v) is 2.48. The fourth-order valence-corrected chi connectivity index (χ4v) is 1.58. The molecule has 1 aliphatic heterocycles. The molecule has 1 aliphatic rings. The van der Waals surface area contributed by atoms with Crippen LogP contribution in [0, 0.1) is 0 Å². The zero-order valence-electron chi connectivity index (χ0n) is 9.01. The van der Waals surface area contributed by atoms with Crippen molar-refractivity contribution >= 4 is 18.1 Å². The third-order valence-electron chi connectivity index (χ3n) is 2.48. The normalized spacial score (nSPS) is 19.6. The maximum absolute atomic E-state index is 11.4. The third kappa shape index (κ3) is 2.69. The van der Waals surface area contributed by atoms with E-state index in [0.29, 0.717) is 17.7 Å². The van der Waals surface area contributed by atoms with Crippen LogP contribution in [0.4, 0.5) is 0 Å². The smallest absolute Gasteiger partial charge is 0.267 e. The first-order chi connectivity index (χ1) is 8.19. The number of rotatable bonds is 3. The molecule has 88 valence electrons. The molecule has 1 unspecified atom stereocenters. The number of carbonyl (C=O) groups is 3. The van der Waals surface area contributed by atoms with Gasteiger partial charge < -0.3 is 4.74 Å². The molecule has 1 atom stereocenters. The van der Waals surface area contributed by atoms with Crippen LogP contribution in [0.5, 0.6) is 5.75 Å². The number of hydrogen-bond acceptors (Lipinski definition) is 4. The van der Waals surface area contributed by atoms with E-state index in [1.165, 1.54) is 0 Å². The molecule has 0 aromatic heterocycles. The van der Waals surface area contributed by atoms with E-state index in [1.54, 1.807) is 24.3 Å². The van der Waals surface area contributed by atoms with Gasteiger partial charge >= 0.3 is 0 Å². The van der Waals surface area contributed by atoms with E-state index >= 15 is 0 Å². The van der Waals surface area contributed by atoms with E-state index in [1.807, 2.05) is 0 Å². The van der Waals surface area contributed by atoms with Crippen molar-refractivity contribution < 1.29 is 19.1 Å². The van der Waals surface area contributed by atoms with Crippen molar-refractivity contribution in [2.45, 2.75) is 18.9 Å². The fourth-order valence-electron chi connectivity index (χ4n) is 1.58. The standard InChI is InChI=1S/C12H11NO4/c14-7-8-1-3-9(4-2-8)17-10-5-6-11(15)13-12(10)16/h1-4,7,10H,5-6H2,(H,13,15,16). The first kappa shape index (κ1) is 11.3. The molecule has 1 aromatic carbocycles. The van der Waals surface area contributed by atoms with Gasteiger partial charge in [0.2, 0.25) is 5.91 Å². The van der Waals surface area contributed by atoms with E-state index in [9.17, 15) is 14.4 Å². The molecule has 0 spiro atoms. The summed E-state index contributed by atoms with van der Waals surface area (Å²) in [5.74, 6) is -0.183.